The molecule has 0 radical (unpaired) electrons. The van der Waals surface area contributed by atoms with Crippen molar-refractivity contribution in [2.45, 2.75) is 33.6 Å². The van der Waals surface area contributed by atoms with Crippen molar-refractivity contribution in [3.05, 3.63) is 65.9 Å². The molecular formula is C24H29N5O. The third kappa shape index (κ3) is 4.95. The molecule has 2 aromatic carbocycles. The first-order chi connectivity index (χ1) is 14.5. The van der Waals surface area contributed by atoms with E-state index in [-0.39, 0.29) is 5.91 Å². The number of anilines is 3. The summed E-state index contributed by atoms with van der Waals surface area (Å²) in [5.41, 5.74) is 11.0. The first kappa shape index (κ1) is 21.3. The molecule has 3 aromatic rings. The van der Waals surface area contributed by atoms with Gasteiger partial charge in [-0.25, -0.2) is 9.97 Å². The van der Waals surface area contributed by atoms with Crippen LogP contribution in [0.15, 0.2) is 54.7 Å². The van der Waals surface area contributed by atoms with Gasteiger partial charge in [0.15, 0.2) is 0 Å². The molecule has 0 aliphatic carbocycles. The number of unbranched alkanes of at least 4 members (excludes halogenated alkanes) is 1. The molecule has 0 bridgehead atoms. The largest absolute Gasteiger partial charge is 0.398 e. The molecule has 1 amide bonds. The topological polar surface area (TPSA) is 84.1 Å². The number of aromatic nitrogens is 2. The Balaban J connectivity index is 1.74. The third-order valence-corrected chi connectivity index (χ3v) is 5.15. The molecular weight excluding hydrogens is 374 g/mol. The molecule has 30 heavy (non-hydrogen) atoms. The number of nitrogens with two attached hydrogens (primary N) is 1. The minimum absolute atomic E-state index is 0.0629. The van der Waals surface area contributed by atoms with E-state index in [2.05, 4.69) is 22.2 Å². The van der Waals surface area contributed by atoms with Crippen molar-refractivity contribution >= 4 is 23.2 Å². The fourth-order valence-electron chi connectivity index (χ4n) is 3.26. The minimum atomic E-state index is 0.0629. The Kier molecular flexibility index (Phi) is 7.01. The van der Waals surface area contributed by atoms with Gasteiger partial charge in [0.2, 0.25) is 5.95 Å². The summed E-state index contributed by atoms with van der Waals surface area (Å²) in [6.45, 7) is 7.62. The summed E-state index contributed by atoms with van der Waals surface area (Å²) >= 11 is 0. The summed E-state index contributed by atoms with van der Waals surface area (Å²) in [6.07, 6.45) is 3.80. The lowest BCUT2D eigenvalue weighted by atomic mass is 10.0. The van der Waals surface area contributed by atoms with E-state index in [1.807, 2.05) is 67.3 Å². The van der Waals surface area contributed by atoms with Crippen molar-refractivity contribution in [1.82, 2.24) is 14.9 Å². The number of benzene rings is 2. The van der Waals surface area contributed by atoms with Gasteiger partial charge in [-0.1, -0.05) is 25.5 Å². The van der Waals surface area contributed by atoms with Crippen LogP contribution in [-0.4, -0.2) is 33.9 Å². The van der Waals surface area contributed by atoms with Gasteiger partial charge in [-0.05, 0) is 62.2 Å². The number of hydrogen-bond acceptors (Lipinski definition) is 5. The number of nitrogen functional groups attached to an aromatic ring is 1. The summed E-state index contributed by atoms with van der Waals surface area (Å²) < 4.78 is 0. The molecule has 1 aromatic heterocycles. The first-order valence-electron chi connectivity index (χ1n) is 10.4. The SMILES string of the molecule is CCCCN(CC)C(=O)c1ccc(Nc2nccc(-c3cccc(N)c3C)n2)cc1. The van der Waals surface area contributed by atoms with Gasteiger partial charge in [0.25, 0.3) is 5.91 Å². The summed E-state index contributed by atoms with van der Waals surface area (Å²) in [6, 6.07) is 15.1. The molecule has 0 saturated carbocycles. The Labute approximate surface area is 178 Å². The van der Waals surface area contributed by atoms with E-state index in [1.54, 1.807) is 6.20 Å². The molecule has 3 rings (SSSR count). The molecule has 0 spiro atoms. The maximum absolute atomic E-state index is 12.7. The van der Waals surface area contributed by atoms with Crippen LogP contribution in [0.3, 0.4) is 0 Å². The van der Waals surface area contributed by atoms with E-state index in [0.29, 0.717) is 18.1 Å². The van der Waals surface area contributed by atoms with Crippen molar-refractivity contribution < 1.29 is 4.79 Å². The molecule has 6 nitrogen and oxygen atoms in total. The molecule has 0 fully saturated rings. The Morgan fingerprint density at radius 1 is 1.10 bits per heavy atom. The molecule has 156 valence electrons. The van der Waals surface area contributed by atoms with Gasteiger partial charge in [0, 0.05) is 41.8 Å². The van der Waals surface area contributed by atoms with E-state index in [9.17, 15) is 4.79 Å². The number of hydrogen-bond donors (Lipinski definition) is 2. The van der Waals surface area contributed by atoms with Gasteiger partial charge in [0.05, 0.1) is 5.69 Å². The third-order valence-electron chi connectivity index (χ3n) is 5.15. The fraction of sp³-hybridized carbons (Fsp3) is 0.292. The van der Waals surface area contributed by atoms with E-state index in [0.717, 1.165) is 47.6 Å². The van der Waals surface area contributed by atoms with E-state index in [4.69, 9.17) is 5.73 Å². The average molecular weight is 404 g/mol. The highest BCUT2D eigenvalue weighted by atomic mass is 16.2. The van der Waals surface area contributed by atoms with E-state index < -0.39 is 0 Å². The summed E-state index contributed by atoms with van der Waals surface area (Å²) in [5.74, 6) is 0.555. The van der Waals surface area contributed by atoms with Crippen molar-refractivity contribution in [3.8, 4) is 11.3 Å². The highest BCUT2D eigenvalue weighted by molar-refractivity contribution is 5.94. The quantitative estimate of drug-likeness (QED) is 0.515. The molecule has 0 aliphatic rings. The fourth-order valence-corrected chi connectivity index (χ4v) is 3.26. The van der Waals surface area contributed by atoms with Gasteiger partial charge in [-0.3, -0.25) is 4.79 Å². The number of nitrogens with one attached hydrogen (secondary N) is 1. The van der Waals surface area contributed by atoms with Crippen molar-refractivity contribution in [2.75, 3.05) is 24.1 Å². The van der Waals surface area contributed by atoms with Crippen LogP contribution in [0.1, 0.15) is 42.6 Å². The molecule has 1 heterocycles. The number of nitrogens with zero attached hydrogens (tertiary/aromatic N) is 3. The highest BCUT2D eigenvalue weighted by Crippen LogP contribution is 2.26. The Hall–Kier alpha value is -3.41. The highest BCUT2D eigenvalue weighted by Gasteiger charge is 2.13. The maximum Gasteiger partial charge on any atom is 0.253 e. The first-order valence-corrected chi connectivity index (χ1v) is 10.4. The lowest BCUT2D eigenvalue weighted by molar-refractivity contribution is 0.0762. The number of carbonyl (C=O) groups excluding carboxylic acids is 1. The zero-order valence-electron chi connectivity index (χ0n) is 17.9. The van der Waals surface area contributed by atoms with Crippen LogP contribution < -0.4 is 11.1 Å². The van der Waals surface area contributed by atoms with E-state index >= 15 is 0 Å². The minimum Gasteiger partial charge on any atom is -0.398 e. The van der Waals surface area contributed by atoms with Gasteiger partial charge >= 0.3 is 0 Å². The lowest BCUT2D eigenvalue weighted by Crippen LogP contribution is -2.31. The molecule has 0 unspecified atom stereocenters. The van der Waals surface area contributed by atoms with Crippen molar-refractivity contribution in [1.29, 1.82) is 0 Å². The van der Waals surface area contributed by atoms with Gasteiger partial charge < -0.3 is 16.0 Å². The number of rotatable bonds is 8. The standard InChI is InChI=1S/C24H29N5O/c1-4-6-16-29(5-2)23(30)18-10-12-19(13-11-18)27-24-26-15-14-22(28-24)20-8-7-9-21(25)17(20)3/h7-15H,4-6,16,25H2,1-3H3,(H,26,27,28). The molecule has 0 aliphatic heterocycles. The zero-order valence-corrected chi connectivity index (χ0v) is 17.9. The van der Waals surface area contributed by atoms with Crippen LogP contribution in [0.5, 0.6) is 0 Å². The number of amides is 1. The van der Waals surface area contributed by atoms with E-state index in [1.165, 1.54) is 0 Å². The second-order valence-corrected chi connectivity index (χ2v) is 7.23. The van der Waals surface area contributed by atoms with Crippen LogP contribution in [0.2, 0.25) is 0 Å². The van der Waals surface area contributed by atoms with Crippen LogP contribution in [-0.2, 0) is 0 Å². The zero-order chi connectivity index (χ0) is 21.5. The van der Waals surface area contributed by atoms with Crippen molar-refractivity contribution in [2.24, 2.45) is 0 Å². The average Bonchev–Trinajstić information content (AvgIpc) is 2.77. The second-order valence-electron chi connectivity index (χ2n) is 7.23. The maximum atomic E-state index is 12.7. The summed E-state index contributed by atoms with van der Waals surface area (Å²) in [5, 5.41) is 3.21. The molecule has 3 N–H and O–H groups in total. The molecule has 6 heteroatoms. The van der Waals surface area contributed by atoms with Gasteiger partial charge in [-0.2, -0.15) is 0 Å². The van der Waals surface area contributed by atoms with Crippen LogP contribution in [0.25, 0.3) is 11.3 Å². The van der Waals surface area contributed by atoms with Crippen LogP contribution >= 0.6 is 0 Å². The van der Waals surface area contributed by atoms with Crippen molar-refractivity contribution in [3.63, 3.8) is 0 Å². The Bertz CT molecular complexity index is 1000. The van der Waals surface area contributed by atoms with Crippen LogP contribution in [0, 0.1) is 6.92 Å². The summed E-state index contributed by atoms with van der Waals surface area (Å²) in [4.78, 5) is 23.5. The normalized spacial score (nSPS) is 10.6. The molecule has 0 saturated heterocycles. The Morgan fingerprint density at radius 2 is 1.87 bits per heavy atom. The summed E-state index contributed by atoms with van der Waals surface area (Å²) in [7, 11) is 0. The predicted octanol–water partition coefficient (Wildman–Crippen LogP) is 5.04. The van der Waals surface area contributed by atoms with Gasteiger partial charge in [-0.15, -0.1) is 0 Å². The molecule has 0 atom stereocenters. The predicted molar refractivity (Wildman–Crippen MR) is 123 cm³/mol. The smallest absolute Gasteiger partial charge is 0.253 e. The second kappa shape index (κ2) is 9.87. The lowest BCUT2D eigenvalue weighted by Gasteiger charge is -2.20. The monoisotopic (exact) mass is 403 g/mol. The Morgan fingerprint density at radius 3 is 2.57 bits per heavy atom. The van der Waals surface area contributed by atoms with Crippen LogP contribution in [0.4, 0.5) is 17.3 Å². The number of carbonyl (C=O) groups is 1. The van der Waals surface area contributed by atoms with Gasteiger partial charge in [0.1, 0.15) is 0 Å².